The maximum absolute atomic E-state index is 12.8. The fourth-order valence-corrected chi connectivity index (χ4v) is 3.20. The Kier molecular flexibility index (Phi) is 5.68. The van der Waals surface area contributed by atoms with E-state index in [0.717, 1.165) is 38.4 Å². The standard InChI is InChI=1S/C21H25N3O2/c1-3-23-12-14-24(15-13-23)21(26)18-9-7-8-17(16-18)20(25)22(2)19-10-5-4-6-11-19/h4-11,16H,3,12-15H2,1-2H3. The summed E-state index contributed by atoms with van der Waals surface area (Å²) in [6.07, 6.45) is 0. The van der Waals surface area contributed by atoms with Crippen LogP contribution in [-0.4, -0.2) is 61.4 Å². The van der Waals surface area contributed by atoms with E-state index in [1.807, 2.05) is 35.2 Å². The third-order valence-corrected chi connectivity index (χ3v) is 4.91. The fourth-order valence-electron chi connectivity index (χ4n) is 3.20. The third kappa shape index (κ3) is 3.94. The van der Waals surface area contributed by atoms with Crippen molar-refractivity contribution in [3.63, 3.8) is 0 Å². The molecule has 5 nitrogen and oxygen atoms in total. The lowest BCUT2D eigenvalue weighted by Crippen LogP contribution is -2.48. The van der Waals surface area contributed by atoms with E-state index in [2.05, 4.69) is 11.8 Å². The van der Waals surface area contributed by atoms with Gasteiger partial charge in [0, 0.05) is 50.0 Å². The molecule has 2 aromatic rings. The molecule has 0 radical (unpaired) electrons. The van der Waals surface area contributed by atoms with Crippen molar-refractivity contribution in [3.05, 3.63) is 65.7 Å². The van der Waals surface area contributed by atoms with E-state index < -0.39 is 0 Å². The van der Waals surface area contributed by atoms with Crippen molar-refractivity contribution in [3.8, 4) is 0 Å². The average Bonchev–Trinajstić information content (AvgIpc) is 2.73. The number of amides is 2. The van der Waals surface area contributed by atoms with Crippen LogP contribution in [0.3, 0.4) is 0 Å². The van der Waals surface area contributed by atoms with Gasteiger partial charge >= 0.3 is 0 Å². The van der Waals surface area contributed by atoms with Crippen molar-refractivity contribution in [1.82, 2.24) is 9.80 Å². The molecule has 1 aliphatic rings. The summed E-state index contributed by atoms with van der Waals surface area (Å²) in [6, 6.07) is 16.5. The molecule has 0 saturated carbocycles. The maximum Gasteiger partial charge on any atom is 0.258 e. The van der Waals surface area contributed by atoms with Gasteiger partial charge in [0.25, 0.3) is 11.8 Å². The van der Waals surface area contributed by atoms with Crippen molar-refractivity contribution in [2.45, 2.75) is 6.92 Å². The highest BCUT2D eigenvalue weighted by atomic mass is 16.2. The van der Waals surface area contributed by atoms with Gasteiger partial charge in [-0.05, 0) is 36.9 Å². The highest BCUT2D eigenvalue weighted by Crippen LogP contribution is 2.17. The number of hydrogen-bond donors (Lipinski definition) is 0. The van der Waals surface area contributed by atoms with Gasteiger partial charge in [-0.1, -0.05) is 31.2 Å². The molecule has 0 spiro atoms. The molecule has 1 fully saturated rings. The van der Waals surface area contributed by atoms with Crippen LogP contribution in [0.25, 0.3) is 0 Å². The normalized spacial score (nSPS) is 14.9. The monoisotopic (exact) mass is 351 g/mol. The van der Waals surface area contributed by atoms with E-state index in [4.69, 9.17) is 0 Å². The zero-order chi connectivity index (χ0) is 18.5. The summed E-state index contributed by atoms with van der Waals surface area (Å²) < 4.78 is 0. The van der Waals surface area contributed by atoms with Crippen LogP contribution < -0.4 is 4.90 Å². The van der Waals surface area contributed by atoms with E-state index in [1.54, 1.807) is 36.2 Å². The van der Waals surface area contributed by atoms with Crippen LogP contribution in [0.1, 0.15) is 27.6 Å². The molecular formula is C21H25N3O2. The number of para-hydroxylation sites is 1. The van der Waals surface area contributed by atoms with E-state index in [-0.39, 0.29) is 11.8 Å². The number of likely N-dealkylation sites (N-methyl/N-ethyl adjacent to an activating group) is 1. The Morgan fingerprint density at radius 1 is 0.923 bits per heavy atom. The SMILES string of the molecule is CCN1CCN(C(=O)c2cccc(C(=O)N(C)c3ccccc3)c2)CC1. The molecule has 2 aromatic carbocycles. The first-order valence-electron chi connectivity index (χ1n) is 9.05. The van der Waals surface area contributed by atoms with Gasteiger partial charge in [0.15, 0.2) is 0 Å². The summed E-state index contributed by atoms with van der Waals surface area (Å²) in [5.41, 5.74) is 1.92. The molecule has 1 heterocycles. The molecule has 2 amide bonds. The van der Waals surface area contributed by atoms with Crippen LogP contribution in [0.2, 0.25) is 0 Å². The molecule has 5 heteroatoms. The lowest BCUT2D eigenvalue weighted by Gasteiger charge is -2.34. The van der Waals surface area contributed by atoms with Gasteiger partial charge in [-0.3, -0.25) is 9.59 Å². The molecule has 1 saturated heterocycles. The molecule has 0 atom stereocenters. The molecule has 0 aromatic heterocycles. The number of carbonyl (C=O) groups is 2. The minimum atomic E-state index is -0.123. The summed E-state index contributed by atoms with van der Waals surface area (Å²) in [5.74, 6) is -0.126. The first-order chi connectivity index (χ1) is 12.6. The van der Waals surface area contributed by atoms with E-state index >= 15 is 0 Å². The first kappa shape index (κ1) is 18.1. The minimum Gasteiger partial charge on any atom is -0.336 e. The van der Waals surface area contributed by atoms with Gasteiger partial charge < -0.3 is 14.7 Å². The number of nitrogens with zero attached hydrogens (tertiary/aromatic N) is 3. The first-order valence-corrected chi connectivity index (χ1v) is 9.05. The summed E-state index contributed by atoms with van der Waals surface area (Å²) in [5, 5.41) is 0. The Bertz CT molecular complexity index is 768. The summed E-state index contributed by atoms with van der Waals surface area (Å²) in [6.45, 7) is 6.41. The van der Waals surface area contributed by atoms with Gasteiger partial charge in [-0.25, -0.2) is 0 Å². The predicted octanol–water partition coefficient (Wildman–Crippen LogP) is 2.74. The number of rotatable bonds is 4. The van der Waals surface area contributed by atoms with Crippen LogP contribution in [0.4, 0.5) is 5.69 Å². The second-order valence-electron chi connectivity index (χ2n) is 6.51. The van der Waals surface area contributed by atoms with Gasteiger partial charge in [-0.15, -0.1) is 0 Å². The Balaban J connectivity index is 1.74. The number of hydrogen-bond acceptors (Lipinski definition) is 3. The van der Waals surface area contributed by atoms with Gasteiger partial charge in [0.1, 0.15) is 0 Å². The lowest BCUT2D eigenvalue weighted by atomic mass is 10.1. The topological polar surface area (TPSA) is 43.9 Å². The van der Waals surface area contributed by atoms with Crippen molar-refractivity contribution < 1.29 is 9.59 Å². The molecule has 0 N–H and O–H groups in total. The van der Waals surface area contributed by atoms with Gasteiger partial charge in [0.2, 0.25) is 0 Å². The second kappa shape index (κ2) is 8.15. The number of piperazine rings is 1. The molecule has 1 aliphatic heterocycles. The zero-order valence-electron chi connectivity index (χ0n) is 15.4. The van der Waals surface area contributed by atoms with E-state index in [9.17, 15) is 9.59 Å². The molecule has 26 heavy (non-hydrogen) atoms. The summed E-state index contributed by atoms with van der Waals surface area (Å²) >= 11 is 0. The number of benzene rings is 2. The highest BCUT2D eigenvalue weighted by Gasteiger charge is 2.22. The number of carbonyl (C=O) groups excluding carboxylic acids is 2. The molecule has 3 rings (SSSR count). The lowest BCUT2D eigenvalue weighted by molar-refractivity contribution is 0.0643. The van der Waals surface area contributed by atoms with Crippen LogP contribution >= 0.6 is 0 Å². The zero-order valence-corrected chi connectivity index (χ0v) is 15.4. The number of anilines is 1. The molecule has 136 valence electrons. The Morgan fingerprint density at radius 3 is 2.23 bits per heavy atom. The highest BCUT2D eigenvalue weighted by molar-refractivity contribution is 6.07. The summed E-state index contributed by atoms with van der Waals surface area (Å²) in [7, 11) is 1.75. The van der Waals surface area contributed by atoms with Crippen LogP contribution in [0.15, 0.2) is 54.6 Å². The van der Waals surface area contributed by atoms with E-state index in [1.165, 1.54) is 0 Å². The summed E-state index contributed by atoms with van der Waals surface area (Å²) in [4.78, 5) is 31.4. The maximum atomic E-state index is 12.8. The van der Waals surface area contributed by atoms with Gasteiger partial charge in [-0.2, -0.15) is 0 Å². The third-order valence-electron chi connectivity index (χ3n) is 4.91. The smallest absolute Gasteiger partial charge is 0.258 e. The molecule has 0 unspecified atom stereocenters. The quantitative estimate of drug-likeness (QED) is 0.851. The Labute approximate surface area is 154 Å². The Hall–Kier alpha value is -2.66. The van der Waals surface area contributed by atoms with Gasteiger partial charge in [0.05, 0.1) is 0 Å². The van der Waals surface area contributed by atoms with E-state index in [0.29, 0.717) is 11.1 Å². The average molecular weight is 351 g/mol. The van der Waals surface area contributed by atoms with Crippen LogP contribution in [-0.2, 0) is 0 Å². The fraction of sp³-hybridized carbons (Fsp3) is 0.333. The molecule has 0 bridgehead atoms. The minimum absolute atomic E-state index is 0.00207. The molecular weight excluding hydrogens is 326 g/mol. The van der Waals surface area contributed by atoms with Crippen molar-refractivity contribution in [2.75, 3.05) is 44.7 Å². The predicted molar refractivity (Wildman–Crippen MR) is 104 cm³/mol. The molecule has 0 aliphatic carbocycles. The van der Waals surface area contributed by atoms with Crippen molar-refractivity contribution in [2.24, 2.45) is 0 Å². The largest absolute Gasteiger partial charge is 0.336 e. The van der Waals surface area contributed by atoms with Crippen molar-refractivity contribution in [1.29, 1.82) is 0 Å². The second-order valence-corrected chi connectivity index (χ2v) is 6.51. The van der Waals surface area contributed by atoms with Crippen molar-refractivity contribution >= 4 is 17.5 Å². The van der Waals surface area contributed by atoms with Crippen LogP contribution in [0.5, 0.6) is 0 Å². The Morgan fingerprint density at radius 2 is 1.58 bits per heavy atom. The van der Waals surface area contributed by atoms with Crippen LogP contribution in [0, 0.1) is 0 Å².